The van der Waals surface area contributed by atoms with Gasteiger partial charge in [0.1, 0.15) is 0 Å². The maximum Gasteiger partial charge on any atom is 0.308 e. The van der Waals surface area contributed by atoms with Crippen LogP contribution >= 0.6 is 0 Å². The van der Waals surface area contributed by atoms with Crippen LogP contribution in [0.3, 0.4) is 0 Å². The Morgan fingerprint density at radius 2 is 2.25 bits per heavy atom. The van der Waals surface area contributed by atoms with Crippen molar-refractivity contribution in [3.05, 3.63) is 29.1 Å². The fourth-order valence-corrected chi connectivity index (χ4v) is 2.25. The van der Waals surface area contributed by atoms with E-state index < -0.39 is 5.97 Å². The Labute approximate surface area is 94.7 Å². The summed E-state index contributed by atoms with van der Waals surface area (Å²) in [5, 5.41) is 12.3. The van der Waals surface area contributed by atoms with Crippen molar-refractivity contribution in [1.82, 2.24) is 10.3 Å². The summed E-state index contributed by atoms with van der Waals surface area (Å²) >= 11 is 0. The highest BCUT2D eigenvalue weighted by Crippen LogP contribution is 2.29. The standard InChI is InChI=1S/C12H16N2O2/c1-7-3-4-14-11(8(7)2)9-5-13-6-10(9)12(15)16/h3-4,9-10,13H,5-6H2,1-2H3,(H,15,16). The van der Waals surface area contributed by atoms with E-state index in [1.807, 2.05) is 19.9 Å². The molecule has 4 heteroatoms. The molecule has 1 aromatic rings. The molecule has 4 nitrogen and oxygen atoms in total. The van der Waals surface area contributed by atoms with Crippen molar-refractivity contribution < 1.29 is 9.90 Å². The van der Waals surface area contributed by atoms with E-state index in [2.05, 4.69) is 10.3 Å². The Hall–Kier alpha value is -1.42. The first-order valence-corrected chi connectivity index (χ1v) is 5.47. The van der Waals surface area contributed by atoms with E-state index in [-0.39, 0.29) is 11.8 Å². The molecule has 0 radical (unpaired) electrons. The van der Waals surface area contributed by atoms with Gasteiger partial charge in [-0.2, -0.15) is 0 Å². The number of hydrogen-bond donors (Lipinski definition) is 2. The average molecular weight is 220 g/mol. The molecule has 1 aromatic heterocycles. The molecule has 0 amide bonds. The molecule has 2 atom stereocenters. The summed E-state index contributed by atoms with van der Waals surface area (Å²) in [6.07, 6.45) is 1.76. The Morgan fingerprint density at radius 3 is 2.94 bits per heavy atom. The van der Waals surface area contributed by atoms with Crippen LogP contribution < -0.4 is 5.32 Å². The Morgan fingerprint density at radius 1 is 1.50 bits per heavy atom. The topological polar surface area (TPSA) is 62.2 Å². The first-order valence-electron chi connectivity index (χ1n) is 5.47. The van der Waals surface area contributed by atoms with E-state index in [0.717, 1.165) is 11.3 Å². The minimum Gasteiger partial charge on any atom is -0.481 e. The minimum absolute atomic E-state index is 0.00241. The van der Waals surface area contributed by atoms with Crippen molar-refractivity contribution in [1.29, 1.82) is 0 Å². The first kappa shape index (κ1) is 11.1. The molecule has 0 saturated carbocycles. The van der Waals surface area contributed by atoms with Crippen LogP contribution in [0.1, 0.15) is 22.7 Å². The highest BCUT2D eigenvalue weighted by Gasteiger charge is 2.35. The van der Waals surface area contributed by atoms with Gasteiger partial charge >= 0.3 is 5.97 Å². The maximum absolute atomic E-state index is 11.1. The number of aromatic nitrogens is 1. The van der Waals surface area contributed by atoms with E-state index in [9.17, 15) is 4.79 Å². The number of carboxylic acids is 1. The molecule has 86 valence electrons. The summed E-state index contributed by atoms with van der Waals surface area (Å²) in [5.41, 5.74) is 3.21. The zero-order chi connectivity index (χ0) is 11.7. The number of pyridine rings is 1. The number of hydrogen-bond acceptors (Lipinski definition) is 3. The van der Waals surface area contributed by atoms with E-state index >= 15 is 0 Å². The van der Waals surface area contributed by atoms with Crippen LogP contribution in [0.25, 0.3) is 0 Å². The van der Waals surface area contributed by atoms with Gasteiger partial charge < -0.3 is 10.4 Å². The van der Waals surface area contributed by atoms with Gasteiger partial charge in [0, 0.05) is 30.9 Å². The second-order valence-electron chi connectivity index (χ2n) is 4.35. The van der Waals surface area contributed by atoms with Gasteiger partial charge in [-0.25, -0.2) is 0 Å². The SMILES string of the molecule is Cc1ccnc(C2CNCC2C(=O)O)c1C. The van der Waals surface area contributed by atoms with Gasteiger partial charge in [0.25, 0.3) is 0 Å². The smallest absolute Gasteiger partial charge is 0.308 e. The highest BCUT2D eigenvalue weighted by molar-refractivity contribution is 5.72. The van der Waals surface area contributed by atoms with Crippen LogP contribution in [0.15, 0.2) is 12.3 Å². The molecule has 2 unspecified atom stereocenters. The predicted molar refractivity (Wildman–Crippen MR) is 60.4 cm³/mol. The number of rotatable bonds is 2. The van der Waals surface area contributed by atoms with E-state index in [0.29, 0.717) is 13.1 Å². The Bertz CT molecular complexity index is 417. The fraction of sp³-hybridized carbons (Fsp3) is 0.500. The molecule has 1 aliphatic rings. The largest absolute Gasteiger partial charge is 0.481 e. The molecular weight excluding hydrogens is 204 g/mol. The van der Waals surface area contributed by atoms with Gasteiger partial charge in [0.15, 0.2) is 0 Å². The molecule has 1 saturated heterocycles. The quantitative estimate of drug-likeness (QED) is 0.783. The second-order valence-corrected chi connectivity index (χ2v) is 4.35. The zero-order valence-corrected chi connectivity index (χ0v) is 9.53. The molecule has 16 heavy (non-hydrogen) atoms. The normalized spacial score (nSPS) is 24.6. The van der Waals surface area contributed by atoms with E-state index in [1.165, 1.54) is 5.56 Å². The van der Waals surface area contributed by atoms with Crippen LogP contribution in [0.4, 0.5) is 0 Å². The van der Waals surface area contributed by atoms with Crippen molar-refractivity contribution in [2.24, 2.45) is 5.92 Å². The lowest BCUT2D eigenvalue weighted by Gasteiger charge is -2.17. The number of aliphatic carboxylic acids is 1. The molecule has 1 aliphatic heterocycles. The first-order chi connectivity index (χ1) is 7.61. The Balaban J connectivity index is 2.36. The third kappa shape index (κ3) is 1.80. The van der Waals surface area contributed by atoms with Crippen LogP contribution in [0.5, 0.6) is 0 Å². The zero-order valence-electron chi connectivity index (χ0n) is 9.53. The van der Waals surface area contributed by atoms with Gasteiger partial charge in [-0.1, -0.05) is 0 Å². The molecule has 2 N–H and O–H groups in total. The molecule has 0 bridgehead atoms. The molecule has 0 aromatic carbocycles. The third-order valence-electron chi connectivity index (χ3n) is 3.40. The van der Waals surface area contributed by atoms with Crippen LogP contribution in [-0.2, 0) is 4.79 Å². The average Bonchev–Trinajstić information content (AvgIpc) is 2.70. The van der Waals surface area contributed by atoms with Crippen LogP contribution in [-0.4, -0.2) is 29.1 Å². The number of carboxylic acid groups (broad SMARTS) is 1. The summed E-state index contributed by atoms with van der Waals surface area (Å²) in [4.78, 5) is 15.5. The van der Waals surface area contributed by atoms with Crippen molar-refractivity contribution >= 4 is 5.97 Å². The van der Waals surface area contributed by atoms with Gasteiger partial charge in [0.05, 0.1) is 5.92 Å². The predicted octanol–water partition coefficient (Wildman–Crippen LogP) is 1.09. The number of aryl methyl sites for hydroxylation is 1. The van der Waals surface area contributed by atoms with Crippen LogP contribution in [0, 0.1) is 19.8 Å². The highest BCUT2D eigenvalue weighted by atomic mass is 16.4. The summed E-state index contributed by atoms with van der Waals surface area (Å²) in [5.74, 6) is -1.09. The molecular formula is C12H16N2O2. The Kier molecular flexibility index (Phi) is 2.92. The summed E-state index contributed by atoms with van der Waals surface area (Å²) in [7, 11) is 0. The summed E-state index contributed by atoms with van der Waals surface area (Å²) < 4.78 is 0. The summed E-state index contributed by atoms with van der Waals surface area (Å²) in [6, 6.07) is 1.96. The molecule has 0 spiro atoms. The van der Waals surface area contributed by atoms with Gasteiger partial charge in [0.2, 0.25) is 0 Å². The van der Waals surface area contributed by atoms with Crippen molar-refractivity contribution in [2.75, 3.05) is 13.1 Å². The van der Waals surface area contributed by atoms with Crippen LogP contribution in [0.2, 0.25) is 0 Å². The van der Waals surface area contributed by atoms with Gasteiger partial charge in [-0.05, 0) is 31.0 Å². The fourth-order valence-electron chi connectivity index (χ4n) is 2.25. The lowest BCUT2D eigenvalue weighted by Crippen LogP contribution is -2.22. The summed E-state index contributed by atoms with van der Waals surface area (Å²) in [6.45, 7) is 5.27. The lowest BCUT2D eigenvalue weighted by atomic mass is 9.89. The molecule has 2 heterocycles. The lowest BCUT2D eigenvalue weighted by molar-refractivity contribution is -0.141. The van der Waals surface area contributed by atoms with Gasteiger partial charge in [-0.3, -0.25) is 9.78 Å². The molecule has 1 fully saturated rings. The number of nitrogens with zero attached hydrogens (tertiary/aromatic N) is 1. The maximum atomic E-state index is 11.1. The van der Waals surface area contributed by atoms with Crippen molar-refractivity contribution in [3.63, 3.8) is 0 Å². The minimum atomic E-state index is -0.738. The molecule has 0 aliphatic carbocycles. The van der Waals surface area contributed by atoms with Gasteiger partial charge in [-0.15, -0.1) is 0 Å². The number of nitrogens with one attached hydrogen (secondary N) is 1. The van der Waals surface area contributed by atoms with Crippen molar-refractivity contribution in [3.8, 4) is 0 Å². The number of carbonyl (C=O) groups is 1. The third-order valence-corrected chi connectivity index (χ3v) is 3.40. The monoisotopic (exact) mass is 220 g/mol. The van der Waals surface area contributed by atoms with E-state index in [1.54, 1.807) is 6.20 Å². The van der Waals surface area contributed by atoms with E-state index in [4.69, 9.17) is 5.11 Å². The second kappa shape index (κ2) is 4.22. The van der Waals surface area contributed by atoms with Crippen molar-refractivity contribution in [2.45, 2.75) is 19.8 Å². The molecule has 2 rings (SSSR count).